The molecule has 0 aliphatic carbocycles. The maximum absolute atomic E-state index is 6.12. The summed E-state index contributed by atoms with van der Waals surface area (Å²) in [6.07, 6.45) is 0. The molecule has 0 saturated heterocycles. The van der Waals surface area contributed by atoms with Crippen molar-refractivity contribution in [2.45, 2.75) is 46.6 Å². The molecule has 20 heavy (non-hydrogen) atoms. The zero-order chi connectivity index (χ0) is 14.8. The Labute approximate surface area is 121 Å². The molecule has 1 aromatic heterocycles. The number of rotatable bonds is 5. The maximum Gasteiger partial charge on any atom is 0.176 e. The molecule has 1 aromatic carbocycles. The Bertz CT molecular complexity index is 578. The van der Waals surface area contributed by atoms with Gasteiger partial charge >= 0.3 is 0 Å². The van der Waals surface area contributed by atoms with Gasteiger partial charge in [-0.15, -0.1) is 0 Å². The SMILES string of the molecule is CCNCc1oc2c(OCC)cccc2c1C(C)(C)C. The van der Waals surface area contributed by atoms with E-state index >= 15 is 0 Å². The maximum atomic E-state index is 6.12. The van der Waals surface area contributed by atoms with Crippen LogP contribution in [0, 0.1) is 0 Å². The Morgan fingerprint density at radius 2 is 1.95 bits per heavy atom. The molecule has 2 rings (SSSR count). The van der Waals surface area contributed by atoms with Crippen LogP contribution in [0.3, 0.4) is 0 Å². The third-order valence-corrected chi connectivity index (χ3v) is 3.34. The van der Waals surface area contributed by atoms with Crippen molar-refractivity contribution >= 4 is 11.0 Å². The molecular formula is C17H25NO2. The zero-order valence-corrected chi connectivity index (χ0v) is 13.2. The van der Waals surface area contributed by atoms with Gasteiger partial charge in [0.25, 0.3) is 0 Å². The molecule has 2 aromatic rings. The monoisotopic (exact) mass is 275 g/mol. The van der Waals surface area contributed by atoms with Gasteiger partial charge < -0.3 is 14.5 Å². The molecule has 0 aliphatic rings. The summed E-state index contributed by atoms with van der Waals surface area (Å²) in [5.74, 6) is 1.85. The highest BCUT2D eigenvalue weighted by atomic mass is 16.5. The summed E-state index contributed by atoms with van der Waals surface area (Å²) >= 11 is 0. The lowest BCUT2D eigenvalue weighted by Gasteiger charge is -2.19. The fourth-order valence-corrected chi connectivity index (χ4v) is 2.60. The number of furan rings is 1. The number of nitrogens with one attached hydrogen (secondary N) is 1. The Morgan fingerprint density at radius 1 is 1.20 bits per heavy atom. The summed E-state index contributed by atoms with van der Waals surface area (Å²) in [6.45, 7) is 13.1. The summed E-state index contributed by atoms with van der Waals surface area (Å²) in [4.78, 5) is 0. The Hall–Kier alpha value is -1.48. The second-order valence-corrected chi connectivity index (χ2v) is 6.00. The van der Waals surface area contributed by atoms with Crippen molar-refractivity contribution in [3.8, 4) is 5.75 Å². The number of hydrogen-bond donors (Lipinski definition) is 1. The summed E-state index contributed by atoms with van der Waals surface area (Å²) in [7, 11) is 0. The van der Waals surface area contributed by atoms with Gasteiger partial charge in [-0.05, 0) is 24.9 Å². The fraction of sp³-hybridized carbons (Fsp3) is 0.529. The van der Waals surface area contributed by atoms with E-state index in [2.05, 4.69) is 39.1 Å². The smallest absolute Gasteiger partial charge is 0.176 e. The number of ether oxygens (including phenoxy) is 1. The van der Waals surface area contributed by atoms with E-state index in [0.717, 1.165) is 35.6 Å². The third-order valence-electron chi connectivity index (χ3n) is 3.34. The molecule has 0 amide bonds. The van der Waals surface area contributed by atoms with E-state index in [1.807, 2.05) is 19.1 Å². The molecule has 0 unspecified atom stereocenters. The quantitative estimate of drug-likeness (QED) is 0.886. The minimum absolute atomic E-state index is 0.0425. The molecule has 0 spiro atoms. The van der Waals surface area contributed by atoms with E-state index in [9.17, 15) is 0 Å². The van der Waals surface area contributed by atoms with Crippen molar-refractivity contribution in [1.82, 2.24) is 5.32 Å². The van der Waals surface area contributed by atoms with Crippen LogP contribution in [0.2, 0.25) is 0 Å². The van der Waals surface area contributed by atoms with Crippen LogP contribution < -0.4 is 10.1 Å². The summed E-state index contributed by atoms with van der Waals surface area (Å²) in [6, 6.07) is 6.13. The molecule has 3 heteroatoms. The lowest BCUT2D eigenvalue weighted by molar-refractivity contribution is 0.337. The molecular weight excluding hydrogens is 250 g/mol. The van der Waals surface area contributed by atoms with E-state index in [4.69, 9.17) is 9.15 Å². The number of benzene rings is 1. The average molecular weight is 275 g/mol. The van der Waals surface area contributed by atoms with E-state index < -0.39 is 0 Å². The average Bonchev–Trinajstić information content (AvgIpc) is 2.76. The summed E-state index contributed by atoms with van der Waals surface area (Å²) < 4.78 is 11.8. The molecule has 1 N–H and O–H groups in total. The lowest BCUT2D eigenvalue weighted by Crippen LogP contribution is -2.18. The number of para-hydroxylation sites is 1. The first-order valence-corrected chi connectivity index (χ1v) is 7.37. The van der Waals surface area contributed by atoms with Crippen LogP contribution in [-0.2, 0) is 12.0 Å². The van der Waals surface area contributed by atoms with Gasteiger partial charge in [-0.1, -0.05) is 39.8 Å². The minimum Gasteiger partial charge on any atom is -0.490 e. The van der Waals surface area contributed by atoms with Crippen LogP contribution >= 0.6 is 0 Å². The minimum atomic E-state index is 0.0425. The molecule has 1 heterocycles. The highest BCUT2D eigenvalue weighted by Crippen LogP contribution is 2.39. The molecule has 110 valence electrons. The predicted molar refractivity (Wildman–Crippen MR) is 83.5 cm³/mol. The van der Waals surface area contributed by atoms with Gasteiger partial charge in [-0.2, -0.15) is 0 Å². The van der Waals surface area contributed by atoms with Crippen molar-refractivity contribution in [2.75, 3.05) is 13.2 Å². The number of hydrogen-bond acceptors (Lipinski definition) is 3. The third kappa shape index (κ3) is 2.83. The van der Waals surface area contributed by atoms with Gasteiger partial charge in [0.2, 0.25) is 0 Å². The second-order valence-electron chi connectivity index (χ2n) is 6.00. The van der Waals surface area contributed by atoms with E-state index in [0.29, 0.717) is 6.61 Å². The molecule has 0 radical (unpaired) electrons. The summed E-state index contributed by atoms with van der Waals surface area (Å²) in [5.41, 5.74) is 2.18. The van der Waals surface area contributed by atoms with Crippen LogP contribution in [0.5, 0.6) is 5.75 Å². The Morgan fingerprint density at radius 3 is 2.55 bits per heavy atom. The van der Waals surface area contributed by atoms with Gasteiger partial charge in [0.15, 0.2) is 11.3 Å². The molecule has 0 aliphatic heterocycles. The highest BCUT2D eigenvalue weighted by molar-refractivity contribution is 5.88. The van der Waals surface area contributed by atoms with Gasteiger partial charge in [-0.25, -0.2) is 0 Å². The molecule has 0 bridgehead atoms. The Balaban J connectivity index is 2.62. The van der Waals surface area contributed by atoms with Gasteiger partial charge in [-0.3, -0.25) is 0 Å². The molecule has 0 fully saturated rings. The van der Waals surface area contributed by atoms with E-state index in [1.54, 1.807) is 0 Å². The van der Waals surface area contributed by atoms with Crippen molar-refractivity contribution in [3.05, 3.63) is 29.5 Å². The largest absolute Gasteiger partial charge is 0.490 e. The topological polar surface area (TPSA) is 34.4 Å². The molecule has 3 nitrogen and oxygen atoms in total. The van der Waals surface area contributed by atoms with Crippen molar-refractivity contribution in [1.29, 1.82) is 0 Å². The highest BCUT2D eigenvalue weighted by Gasteiger charge is 2.26. The Kier molecular flexibility index (Phi) is 4.39. The van der Waals surface area contributed by atoms with Crippen LogP contribution in [0.15, 0.2) is 22.6 Å². The van der Waals surface area contributed by atoms with E-state index in [-0.39, 0.29) is 5.41 Å². The number of fused-ring (bicyclic) bond motifs is 1. The second kappa shape index (κ2) is 5.88. The molecule has 0 saturated carbocycles. The van der Waals surface area contributed by atoms with Crippen molar-refractivity contribution < 1.29 is 9.15 Å². The van der Waals surface area contributed by atoms with Crippen LogP contribution in [-0.4, -0.2) is 13.2 Å². The first kappa shape index (κ1) is 14.9. The van der Waals surface area contributed by atoms with Crippen LogP contribution in [0.1, 0.15) is 45.9 Å². The zero-order valence-electron chi connectivity index (χ0n) is 13.2. The van der Waals surface area contributed by atoms with Gasteiger partial charge in [0.05, 0.1) is 13.2 Å². The van der Waals surface area contributed by atoms with Crippen molar-refractivity contribution in [2.24, 2.45) is 0 Å². The lowest BCUT2D eigenvalue weighted by atomic mass is 9.84. The first-order chi connectivity index (χ1) is 9.49. The van der Waals surface area contributed by atoms with Crippen molar-refractivity contribution in [3.63, 3.8) is 0 Å². The predicted octanol–water partition coefficient (Wildman–Crippen LogP) is 4.24. The molecule has 0 atom stereocenters. The summed E-state index contributed by atoms with van der Waals surface area (Å²) in [5, 5.41) is 4.52. The van der Waals surface area contributed by atoms with E-state index in [1.165, 1.54) is 5.56 Å². The first-order valence-electron chi connectivity index (χ1n) is 7.37. The van der Waals surface area contributed by atoms with Gasteiger partial charge in [0.1, 0.15) is 5.76 Å². The van der Waals surface area contributed by atoms with Gasteiger partial charge in [0, 0.05) is 10.9 Å². The fourth-order valence-electron chi connectivity index (χ4n) is 2.60. The van der Waals surface area contributed by atoms with Crippen LogP contribution in [0.4, 0.5) is 0 Å². The normalized spacial score (nSPS) is 12.1. The van der Waals surface area contributed by atoms with Crippen LogP contribution in [0.25, 0.3) is 11.0 Å². The standard InChI is InChI=1S/C17H25NO2/c1-6-18-11-14-15(17(3,4)5)12-9-8-10-13(19-7-2)16(12)20-14/h8-10,18H,6-7,11H2,1-5H3.